The smallest absolute Gasteiger partial charge is 0.233 e. The van der Waals surface area contributed by atoms with E-state index in [4.69, 9.17) is 0 Å². The molecule has 1 aliphatic rings. The van der Waals surface area contributed by atoms with Crippen LogP contribution in [-0.2, 0) is 11.3 Å². The molecule has 7 heteroatoms. The van der Waals surface area contributed by atoms with Crippen LogP contribution >= 0.6 is 11.8 Å². The second-order valence-corrected chi connectivity index (χ2v) is 8.65. The van der Waals surface area contributed by atoms with Crippen molar-refractivity contribution in [3.05, 3.63) is 60.4 Å². The lowest BCUT2D eigenvalue weighted by Gasteiger charge is -2.31. The molecule has 0 unspecified atom stereocenters. The van der Waals surface area contributed by atoms with Crippen LogP contribution in [-0.4, -0.2) is 49.4 Å². The number of rotatable bonds is 7. The summed E-state index contributed by atoms with van der Waals surface area (Å²) in [4.78, 5) is 19.0. The number of thioether (sulfide) groups is 1. The van der Waals surface area contributed by atoms with Crippen molar-refractivity contribution in [2.75, 3.05) is 12.8 Å². The molecule has 30 heavy (non-hydrogen) atoms. The largest absolute Gasteiger partial charge is 0.342 e. The Labute approximate surface area is 181 Å². The number of benzene rings is 1. The van der Waals surface area contributed by atoms with Gasteiger partial charge in [-0.2, -0.15) is 0 Å². The maximum absolute atomic E-state index is 12.8. The van der Waals surface area contributed by atoms with Gasteiger partial charge in [-0.3, -0.25) is 14.3 Å². The van der Waals surface area contributed by atoms with Gasteiger partial charge in [-0.25, -0.2) is 0 Å². The van der Waals surface area contributed by atoms with E-state index in [1.807, 2.05) is 42.3 Å². The third kappa shape index (κ3) is 4.90. The highest BCUT2D eigenvalue weighted by atomic mass is 32.2. The first-order chi connectivity index (χ1) is 14.7. The van der Waals surface area contributed by atoms with Crippen molar-refractivity contribution in [1.29, 1.82) is 0 Å². The van der Waals surface area contributed by atoms with Gasteiger partial charge in [-0.1, -0.05) is 61.4 Å². The molecule has 0 N–H and O–H groups in total. The highest BCUT2D eigenvalue weighted by molar-refractivity contribution is 7.99. The topological polar surface area (TPSA) is 63.9 Å². The van der Waals surface area contributed by atoms with Gasteiger partial charge in [0.1, 0.15) is 0 Å². The third-order valence-electron chi connectivity index (χ3n) is 5.66. The van der Waals surface area contributed by atoms with Crippen molar-refractivity contribution in [1.82, 2.24) is 24.6 Å². The number of hydrogen-bond acceptors (Lipinski definition) is 5. The molecule has 156 valence electrons. The molecule has 0 atom stereocenters. The van der Waals surface area contributed by atoms with Gasteiger partial charge in [-0.15, -0.1) is 10.2 Å². The lowest BCUT2D eigenvalue weighted by molar-refractivity contribution is -0.129. The van der Waals surface area contributed by atoms with Crippen LogP contribution in [0.1, 0.15) is 37.7 Å². The quantitative estimate of drug-likeness (QED) is 0.533. The number of nitrogens with zero attached hydrogens (tertiary/aromatic N) is 5. The summed E-state index contributed by atoms with van der Waals surface area (Å²) in [5.74, 6) is 1.29. The number of carbonyl (C=O) groups is 1. The van der Waals surface area contributed by atoms with Gasteiger partial charge in [-0.05, 0) is 30.5 Å². The SMILES string of the molecule is CN(C(=O)CSc1nnc(-c2cccnc2)n1Cc1ccccc1)C1CCCCC1. The van der Waals surface area contributed by atoms with Gasteiger partial charge in [0.05, 0.1) is 12.3 Å². The number of carbonyl (C=O) groups excluding carboxylic acids is 1. The second-order valence-electron chi connectivity index (χ2n) is 7.70. The summed E-state index contributed by atoms with van der Waals surface area (Å²) in [5, 5.41) is 9.59. The predicted octanol–water partition coefficient (Wildman–Crippen LogP) is 4.27. The zero-order valence-electron chi connectivity index (χ0n) is 17.3. The minimum atomic E-state index is 0.157. The van der Waals surface area contributed by atoms with Gasteiger partial charge in [0.2, 0.25) is 5.91 Å². The van der Waals surface area contributed by atoms with Crippen LogP contribution in [0.5, 0.6) is 0 Å². The summed E-state index contributed by atoms with van der Waals surface area (Å²) in [7, 11) is 1.94. The number of hydrogen-bond donors (Lipinski definition) is 0. The molecule has 0 spiro atoms. The number of aromatic nitrogens is 4. The monoisotopic (exact) mass is 421 g/mol. The summed E-state index contributed by atoms with van der Waals surface area (Å²) >= 11 is 1.46. The molecule has 0 saturated heterocycles. The first kappa shape index (κ1) is 20.6. The van der Waals surface area contributed by atoms with Crippen molar-refractivity contribution in [3.8, 4) is 11.4 Å². The fourth-order valence-corrected chi connectivity index (χ4v) is 4.77. The Balaban J connectivity index is 1.52. The van der Waals surface area contributed by atoms with Crippen LogP contribution < -0.4 is 0 Å². The molecular formula is C23H27N5OS. The second kappa shape index (κ2) is 9.89. The molecule has 2 aromatic heterocycles. The molecule has 3 aromatic rings. The first-order valence-electron chi connectivity index (χ1n) is 10.5. The van der Waals surface area contributed by atoms with Crippen molar-refractivity contribution < 1.29 is 4.79 Å². The van der Waals surface area contributed by atoms with Gasteiger partial charge in [0.25, 0.3) is 0 Å². The van der Waals surface area contributed by atoms with Crippen LogP contribution in [0.25, 0.3) is 11.4 Å². The van der Waals surface area contributed by atoms with Crippen molar-refractivity contribution in [2.45, 2.75) is 49.8 Å². The zero-order chi connectivity index (χ0) is 20.8. The zero-order valence-corrected chi connectivity index (χ0v) is 18.1. The molecule has 1 amide bonds. The molecular weight excluding hydrogens is 394 g/mol. The summed E-state index contributed by atoms with van der Waals surface area (Å²) in [6, 6.07) is 14.5. The fourth-order valence-electron chi connectivity index (χ4n) is 3.91. The van der Waals surface area contributed by atoms with E-state index in [0.717, 1.165) is 34.9 Å². The maximum atomic E-state index is 12.8. The minimum absolute atomic E-state index is 0.157. The fraction of sp³-hybridized carbons (Fsp3) is 0.391. The molecule has 2 heterocycles. The third-order valence-corrected chi connectivity index (χ3v) is 6.61. The summed E-state index contributed by atoms with van der Waals surface area (Å²) in [5.41, 5.74) is 2.08. The van der Waals surface area contributed by atoms with Crippen LogP contribution in [0.3, 0.4) is 0 Å². The molecule has 0 radical (unpaired) electrons. The van der Waals surface area contributed by atoms with E-state index in [1.165, 1.54) is 31.0 Å². The number of pyridine rings is 1. The van der Waals surface area contributed by atoms with E-state index in [0.29, 0.717) is 18.3 Å². The highest BCUT2D eigenvalue weighted by Gasteiger charge is 2.23. The molecule has 6 nitrogen and oxygen atoms in total. The van der Waals surface area contributed by atoms with E-state index in [-0.39, 0.29) is 5.91 Å². The first-order valence-corrected chi connectivity index (χ1v) is 11.5. The van der Waals surface area contributed by atoms with Crippen molar-refractivity contribution in [2.24, 2.45) is 0 Å². The Morgan fingerprint density at radius 1 is 1.10 bits per heavy atom. The van der Waals surface area contributed by atoms with Crippen LogP contribution in [0.2, 0.25) is 0 Å². The number of amides is 1. The lowest BCUT2D eigenvalue weighted by atomic mass is 9.94. The lowest BCUT2D eigenvalue weighted by Crippen LogP contribution is -2.39. The summed E-state index contributed by atoms with van der Waals surface area (Å²) in [6.07, 6.45) is 9.49. The Bertz CT molecular complexity index is 954. The molecule has 1 saturated carbocycles. The van der Waals surface area contributed by atoms with Crippen LogP contribution in [0.4, 0.5) is 0 Å². The van der Waals surface area contributed by atoms with Crippen molar-refractivity contribution in [3.63, 3.8) is 0 Å². The van der Waals surface area contributed by atoms with Crippen LogP contribution in [0, 0.1) is 0 Å². The van der Waals surface area contributed by atoms with Crippen molar-refractivity contribution >= 4 is 17.7 Å². The highest BCUT2D eigenvalue weighted by Crippen LogP contribution is 2.26. The van der Waals surface area contributed by atoms with E-state index >= 15 is 0 Å². The molecule has 1 aliphatic carbocycles. The van der Waals surface area contributed by atoms with Gasteiger partial charge in [0.15, 0.2) is 11.0 Å². The van der Waals surface area contributed by atoms with E-state index in [2.05, 4.69) is 31.9 Å². The summed E-state index contributed by atoms with van der Waals surface area (Å²) < 4.78 is 2.07. The molecule has 1 aromatic carbocycles. The summed E-state index contributed by atoms with van der Waals surface area (Å²) in [6.45, 7) is 0.646. The molecule has 0 aliphatic heterocycles. The van der Waals surface area contributed by atoms with Gasteiger partial charge < -0.3 is 4.90 Å². The van der Waals surface area contributed by atoms with E-state index < -0.39 is 0 Å². The standard InChI is InChI=1S/C23H27N5OS/c1-27(20-12-6-3-7-13-20)21(29)17-30-23-26-25-22(19-11-8-14-24-15-19)28(23)16-18-9-4-2-5-10-18/h2,4-5,8-11,14-15,20H,3,6-7,12-13,16-17H2,1H3. The molecule has 1 fully saturated rings. The van der Waals surface area contributed by atoms with E-state index in [1.54, 1.807) is 12.4 Å². The Morgan fingerprint density at radius 2 is 1.90 bits per heavy atom. The minimum Gasteiger partial charge on any atom is -0.342 e. The van der Waals surface area contributed by atoms with E-state index in [9.17, 15) is 4.79 Å². The Kier molecular flexibility index (Phi) is 6.79. The Morgan fingerprint density at radius 3 is 2.63 bits per heavy atom. The Hall–Kier alpha value is -2.67. The average Bonchev–Trinajstić information content (AvgIpc) is 3.21. The predicted molar refractivity (Wildman–Crippen MR) is 119 cm³/mol. The van der Waals surface area contributed by atoms with Gasteiger partial charge >= 0.3 is 0 Å². The normalized spacial score (nSPS) is 14.6. The molecule has 4 rings (SSSR count). The van der Waals surface area contributed by atoms with Gasteiger partial charge in [0, 0.05) is 31.0 Å². The maximum Gasteiger partial charge on any atom is 0.233 e. The average molecular weight is 422 g/mol. The van der Waals surface area contributed by atoms with Crippen LogP contribution in [0.15, 0.2) is 60.0 Å². The molecule has 0 bridgehead atoms.